The molecule has 108 valence electrons. The number of halogens is 1. The van der Waals surface area contributed by atoms with Crippen molar-refractivity contribution in [3.63, 3.8) is 0 Å². The predicted octanol–water partition coefficient (Wildman–Crippen LogP) is 3.46. The van der Waals surface area contributed by atoms with E-state index in [1.165, 1.54) is 39.1 Å². The van der Waals surface area contributed by atoms with Crippen molar-refractivity contribution >= 4 is 15.9 Å². The summed E-state index contributed by atoms with van der Waals surface area (Å²) in [6, 6.07) is 0.752. The molecule has 0 radical (unpaired) electrons. The molecule has 0 bridgehead atoms. The highest BCUT2D eigenvalue weighted by Gasteiger charge is 2.27. The quantitative estimate of drug-likeness (QED) is 0.716. The first-order chi connectivity index (χ1) is 8.38. The molecule has 0 aliphatic carbocycles. The van der Waals surface area contributed by atoms with E-state index in [0.717, 1.165) is 17.3 Å². The summed E-state index contributed by atoms with van der Waals surface area (Å²) in [5.41, 5.74) is 0.400. The average molecular weight is 319 g/mol. The zero-order chi connectivity index (χ0) is 13.8. The van der Waals surface area contributed by atoms with Crippen LogP contribution in [0.3, 0.4) is 0 Å². The maximum Gasteiger partial charge on any atom is 0.0113 e. The Balaban J connectivity index is 2.39. The summed E-state index contributed by atoms with van der Waals surface area (Å²) in [7, 11) is 0. The van der Waals surface area contributed by atoms with Crippen LogP contribution < -0.4 is 0 Å². The third kappa shape index (κ3) is 4.82. The summed E-state index contributed by atoms with van der Waals surface area (Å²) in [6.45, 7) is 17.9. The topological polar surface area (TPSA) is 6.48 Å². The molecule has 1 fully saturated rings. The number of hydrogen-bond donors (Lipinski definition) is 0. The lowest BCUT2D eigenvalue weighted by Gasteiger charge is -2.41. The second-order valence-corrected chi connectivity index (χ2v) is 7.46. The standard InChI is InChI=1S/C15H31BrN2/c1-6-13(2)18-9-7-17(8-10-18)12-14(11-16)15(3,4)5/h13-14H,6-12H2,1-5H3. The largest absolute Gasteiger partial charge is 0.300 e. The molecule has 0 aromatic rings. The van der Waals surface area contributed by atoms with E-state index in [1.807, 2.05) is 0 Å². The van der Waals surface area contributed by atoms with E-state index < -0.39 is 0 Å². The van der Waals surface area contributed by atoms with Gasteiger partial charge in [-0.1, -0.05) is 43.6 Å². The molecule has 0 saturated carbocycles. The van der Waals surface area contributed by atoms with Crippen molar-refractivity contribution in [1.29, 1.82) is 0 Å². The number of nitrogens with zero attached hydrogens (tertiary/aromatic N) is 2. The van der Waals surface area contributed by atoms with E-state index in [4.69, 9.17) is 0 Å². The molecule has 0 amide bonds. The molecule has 1 aliphatic heterocycles. The molecule has 2 nitrogen and oxygen atoms in total. The minimum atomic E-state index is 0.400. The Hall–Kier alpha value is 0.400. The van der Waals surface area contributed by atoms with Gasteiger partial charge in [-0.05, 0) is 24.7 Å². The zero-order valence-corrected chi connectivity index (χ0v) is 14.5. The summed E-state index contributed by atoms with van der Waals surface area (Å²) in [5, 5.41) is 1.11. The normalized spacial score (nSPS) is 23.0. The molecule has 1 heterocycles. The highest BCUT2D eigenvalue weighted by molar-refractivity contribution is 9.09. The molecule has 1 saturated heterocycles. The Labute approximate surface area is 122 Å². The third-order valence-electron chi connectivity index (χ3n) is 4.51. The molecule has 1 aliphatic rings. The van der Waals surface area contributed by atoms with Crippen molar-refractivity contribution in [2.45, 2.75) is 47.1 Å². The Kier molecular flexibility index (Phi) is 6.63. The van der Waals surface area contributed by atoms with E-state index in [0.29, 0.717) is 5.41 Å². The van der Waals surface area contributed by atoms with Gasteiger partial charge in [0.2, 0.25) is 0 Å². The van der Waals surface area contributed by atoms with Gasteiger partial charge in [0.25, 0.3) is 0 Å². The van der Waals surface area contributed by atoms with Crippen LogP contribution in [-0.4, -0.2) is 53.9 Å². The van der Waals surface area contributed by atoms with Gasteiger partial charge in [0.1, 0.15) is 0 Å². The van der Waals surface area contributed by atoms with Crippen LogP contribution in [-0.2, 0) is 0 Å². The van der Waals surface area contributed by atoms with E-state index in [-0.39, 0.29) is 0 Å². The van der Waals surface area contributed by atoms with E-state index in [1.54, 1.807) is 0 Å². The van der Waals surface area contributed by atoms with Crippen molar-refractivity contribution in [3.05, 3.63) is 0 Å². The fraction of sp³-hybridized carbons (Fsp3) is 1.00. The number of piperazine rings is 1. The highest BCUT2D eigenvalue weighted by atomic mass is 79.9. The Morgan fingerprint density at radius 3 is 2.06 bits per heavy atom. The first kappa shape index (κ1) is 16.5. The fourth-order valence-electron chi connectivity index (χ4n) is 2.51. The lowest BCUT2D eigenvalue weighted by molar-refractivity contribution is 0.0764. The summed E-state index contributed by atoms with van der Waals surface area (Å²) < 4.78 is 0. The lowest BCUT2D eigenvalue weighted by atomic mass is 9.81. The molecule has 0 aromatic heterocycles. The first-order valence-electron chi connectivity index (χ1n) is 7.40. The maximum absolute atomic E-state index is 3.69. The smallest absolute Gasteiger partial charge is 0.0113 e. The minimum absolute atomic E-state index is 0.400. The van der Waals surface area contributed by atoms with Gasteiger partial charge in [0.15, 0.2) is 0 Å². The average Bonchev–Trinajstić information content (AvgIpc) is 2.34. The monoisotopic (exact) mass is 318 g/mol. The number of alkyl halides is 1. The Morgan fingerprint density at radius 2 is 1.67 bits per heavy atom. The van der Waals surface area contributed by atoms with Crippen LogP contribution in [0.4, 0.5) is 0 Å². The van der Waals surface area contributed by atoms with E-state index >= 15 is 0 Å². The molecule has 0 spiro atoms. The minimum Gasteiger partial charge on any atom is -0.300 e. The van der Waals surface area contributed by atoms with Gasteiger partial charge in [0, 0.05) is 44.1 Å². The maximum atomic E-state index is 3.69. The molecular formula is C15H31BrN2. The van der Waals surface area contributed by atoms with Crippen molar-refractivity contribution in [2.24, 2.45) is 11.3 Å². The molecule has 3 heteroatoms. The van der Waals surface area contributed by atoms with Crippen molar-refractivity contribution < 1.29 is 0 Å². The summed E-state index contributed by atoms with van der Waals surface area (Å²) in [6.07, 6.45) is 1.27. The second-order valence-electron chi connectivity index (χ2n) is 6.81. The SMILES string of the molecule is CCC(C)N1CCN(CC(CBr)C(C)(C)C)CC1. The second kappa shape index (κ2) is 7.25. The molecule has 18 heavy (non-hydrogen) atoms. The van der Waals surface area contributed by atoms with Gasteiger partial charge in [0.05, 0.1) is 0 Å². The molecule has 0 aromatic carbocycles. The van der Waals surface area contributed by atoms with Crippen LogP contribution in [0.15, 0.2) is 0 Å². The fourth-order valence-corrected chi connectivity index (χ4v) is 3.69. The van der Waals surface area contributed by atoms with Crippen LogP contribution >= 0.6 is 15.9 Å². The summed E-state index contributed by atoms with van der Waals surface area (Å²) >= 11 is 3.69. The Bertz CT molecular complexity index is 229. The van der Waals surface area contributed by atoms with Gasteiger partial charge < -0.3 is 4.90 Å². The first-order valence-corrected chi connectivity index (χ1v) is 8.53. The van der Waals surface area contributed by atoms with Crippen LogP contribution in [0.2, 0.25) is 0 Å². The van der Waals surface area contributed by atoms with Gasteiger partial charge in [-0.15, -0.1) is 0 Å². The van der Waals surface area contributed by atoms with Crippen LogP contribution in [0.5, 0.6) is 0 Å². The number of rotatable bonds is 5. The van der Waals surface area contributed by atoms with Crippen molar-refractivity contribution in [3.8, 4) is 0 Å². The van der Waals surface area contributed by atoms with Gasteiger partial charge in [-0.2, -0.15) is 0 Å². The number of hydrogen-bond acceptors (Lipinski definition) is 2. The van der Waals surface area contributed by atoms with E-state index in [2.05, 4.69) is 60.3 Å². The zero-order valence-electron chi connectivity index (χ0n) is 12.9. The van der Waals surface area contributed by atoms with Gasteiger partial charge >= 0.3 is 0 Å². The van der Waals surface area contributed by atoms with E-state index in [9.17, 15) is 0 Å². The molecule has 1 rings (SSSR count). The Morgan fingerprint density at radius 1 is 1.11 bits per heavy atom. The molecule has 0 N–H and O–H groups in total. The van der Waals surface area contributed by atoms with Crippen LogP contribution in [0, 0.1) is 11.3 Å². The predicted molar refractivity (Wildman–Crippen MR) is 84.5 cm³/mol. The van der Waals surface area contributed by atoms with Crippen molar-refractivity contribution in [2.75, 3.05) is 38.1 Å². The summed E-state index contributed by atoms with van der Waals surface area (Å²) in [4.78, 5) is 5.28. The lowest BCUT2D eigenvalue weighted by Crippen LogP contribution is -2.51. The van der Waals surface area contributed by atoms with Crippen LogP contribution in [0.1, 0.15) is 41.0 Å². The van der Waals surface area contributed by atoms with Crippen LogP contribution in [0.25, 0.3) is 0 Å². The highest BCUT2D eigenvalue weighted by Crippen LogP contribution is 2.28. The molecule has 2 atom stereocenters. The van der Waals surface area contributed by atoms with Gasteiger partial charge in [-0.25, -0.2) is 0 Å². The third-order valence-corrected chi connectivity index (χ3v) is 5.29. The molecular weight excluding hydrogens is 288 g/mol. The molecule has 2 unspecified atom stereocenters. The van der Waals surface area contributed by atoms with Gasteiger partial charge in [-0.3, -0.25) is 4.90 Å². The van der Waals surface area contributed by atoms with Crippen molar-refractivity contribution in [1.82, 2.24) is 9.80 Å². The summed E-state index contributed by atoms with van der Waals surface area (Å²) in [5.74, 6) is 0.743.